The molecule has 0 amide bonds. The number of aromatic nitrogens is 2. The molecule has 0 radical (unpaired) electrons. The van der Waals surface area contributed by atoms with Crippen LogP contribution in [-0.2, 0) is 9.53 Å². The van der Waals surface area contributed by atoms with Crippen molar-refractivity contribution in [2.24, 2.45) is 5.10 Å². The molecule has 0 unspecified atom stereocenters. The third-order valence-corrected chi connectivity index (χ3v) is 6.96. The van der Waals surface area contributed by atoms with Crippen molar-refractivity contribution in [3.05, 3.63) is 80.6 Å². The highest BCUT2D eigenvalue weighted by Crippen LogP contribution is 2.37. The SMILES string of the molecule is CCOc1cc(C=Nn2c(-c3cc(C(C)C)c(OC)cc3C)nc3ccccc3c2=O)cc(Cl)c1O[C@@H](C)C(=O)OC. The van der Waals surface area contributed by atoms with Crippen LogP contribution in [-0.4, -0.2) is 48.8 Å². The van der Waals surface area contributed by atoms with Gasteiger partial charge in [0.25, 0.3) is 5.56 Å². The topological polar surface area (TPSA) is 101 Å². The molecule has 10 heteroatoms. The molecule has 9 nitrogen and oxygen atoms in total. The van der Waals surface area contributed by atoms with Gasteiger partial charge >= 0.3 is 5.97 Å². The molecule has 1 heterocycles. The first-order chi connectivity index (χ1) is 20.1. The second-order valence-electron chi connectivity index (χ2n) is 9.92. The number of hydrogen-bond acceptors (Lipinski definition) is 8. The van der Waals surface area contributed by atoms with E-state index >= 15 is 0 Å². The lowest BCUT2D eigenvalue weighted by molar-refractivity contribution is -0.147. The molecule has 0 aliphatic carbocycles. The maximum absolute atomic E-state index is 13.8. The molecule has 42 heavy (non-hydrogen) atoms. The summed E-state index contributed by atoms with van der Waals surface area (Å²) in [6.07, 6.45) is 0.602. The molecule has 4 aromatic rings. The number of rotatable bonds is 10. The van der Waals surface area contributed by atoms with E-state index in [2.05, 4.69) is 18.9 Å². The quantitative estimate of drug-likeness (QED) is 0.156. The van der Waals surface area contributed by atoms with Gasteiger partial charge in [0.2, 0.25) is 0 Å². The second kappa shape index (κ2) is 13.1. The summed E-state index contributed by atoms with van der Waals surface area (Å²) in [5.41, 5.74) is 3.41. The molecule has 0 aliphatic heterocycles. The summed E-state index contributed by atoms with van der Waals surface area (Å²) < 4.78 is 23.2. The monoisotopic (exact) mass is 591 g/mol. The number of esters is 1. The van der Waals surface area contributed by atoms with E-state index in [0.717, 1.165) is 22.4 Å². The Kier molecular flexibility index (Phi) is 9.52. The van der Waals surface area contributed by atoms with Gasteiger partial charge < -0.3 is 18.9 Å². The Bertz CT molecular complexity index is 1710. The number of aryl methyl sites for hydroxylation is 1. The summed E-state index contributed by atoms with van der Waals surface area (Å²) in [5.74, 6) is 1.30. The third kappa shape index (κ3) is 6.26. The van der Waals surface area contributed by atoms with Crippen molar-refractivity contribution < 1.29 is 23.7 Å². The van der Waals surface area contributed by atoms with Gasteiger partial charge in [-0.25, -0.2) is 9.78 Å². The van der Waals surface area contributed by atoms with Crippen molar-refractivity contribution in [3.63, 3.8) is 0 Å². The lowest BCUT2D eigenvalue weighted by Crippen LogP contribution is -2.25. The number of fused-ring (bicyclic) bond motifs is 1. The zero-order chi connectivity index (χ0) is 30.6. The average Bonchev–Trinajstić information content (AvgIpc) is 2.97. The van der Waals surface area contributed by atoms with Crippen LogP contribution in [0.25, 0.3) is 22.3 Å². The number of hydrogen-bond donors (Lipinski definition) is 0. The third-order valence-electron chi connectivity index (χ3n) is 6.68. The number of halogens is 1. The number of methoxy groups -OCH3 is 2. The number of benzene rings is 3. The van der Waals surface area contributed by atoms with Crippen molar-refractivity contribution >= 4 is 34.7 Å². The average molecular weight is 592 g/mol. The van der Waals surface area contributed by atoms with Crippen LogP contribution in [0.4, 0.5) is 0 Å². The molecule has 4 rings (SSSR count). The smallest absolute Gasteiger partial charge is 0.346 e. The molecule has 3 aromatic carbocycles. The molecule has 0 N–H and O–H groups in total. The molecular weight excluding hydrogens is 558 g/mol. The van der Waals surface area contributed by atoms with E-state index in [-0.39, 0.29) is 22.2 Å². The highest BCUT2D eigenvalue weighted by molar-refractivity contribution is 6.32. The van der Waals surface area contributed by atoms with Gasteiger partial charge in [0.05, 0.1) is 43.0 Å². The Hall–Kier alpha value is -4.37. The number of para-hydroxylation sites is 1. The van der Waals surface area contributed by atoms with E-state index in [9.17, 15) is 9.59 Å². The number of nitrogens with zero attached hydrogens (tertiary/aromatic N) is 3. The minimum atomic E-state index is -0.903. The summed E-state index contributed by atoms with van der Waals surface area (Å²) in [5, 5.41) is 5.23. The summed E-state index contributed by atoms with van der Waals surface area (Å²) >= 11 is 6.57. The van der Waals surface area contributed by atoms with Crippen LogP contribution in [0.5, 0.6) is 17.2 Å². The van der Waals surface area contributed by atoms with Crippen LogP contribution < -0.4 is 19.8 Å². The fraction of sp³-hybridized carbons (Fsp3) is 0.312. The Labute approximate surface area is 249 Å². The highest BCUT2D eigenvalue weighted by atomic mass is 35.5. The number of carbonyl (C=O) groups is 1. The first-order valence-electron chi connectivity index (χ1n) is 13.5. The van der Waals surface area contributed by atoms with Crippen LogP contribution in [0, 0.1) is 6.92 Å². The molecule has 0 saturated carbocycles. The predicted octanol–water partition coefficient (Wildman–Crippen LogP) is 6.38. The maximum atomic E-state index is 13.8. The van der Waals surface area contributed by atoms with Crippen LogP contribution in [0.2, 0.25) is 5.02 Å². The van der Waals surface area contributed by atoms with Gasteiger partial charge in [-0.1, -0.05) is 37.6 Å². The van der Waals surface area contributed by atoms with Crippen molar-refractivity contribution in [2.45, 2.75) is 46.6 Å². The molecule has 0 saturated heterocycles. The first kappa shape index (κ1) is 30.6. The number of ether oxygens (including phenoxy) is 4. The molecule has 0 bridgehead atoms. The van der Waals surface area contributed by atoms with Gasteiger partial charge in [-0.2, -0.15) is 9.78 Å². The molecule has 1 atom stereocenters. The van der Waals surface area contributed by atoms with Gasteiger partial charge in [-0.15, -0.1) is 0 Å². The van der Waals surface area contributed by atoms with Crippen LogP contribution >= 0.6 is 11.6 Å². The van der Waals surface area contributed by atoms with Gasteiger partial charge in [0, 0.05) is 5.56 Å². The Morgan fingerprint density at radius 1 is 1.10 bits per heavy atom. The molecular formula is C32H34ClN3O6. The Balaban J connectivity index is 1.88. The van der Waals surface area contributed by atoms with Crippen LogP contribution in [0.3, 0.4) is 0 Å². The second-order valence-corrected chi connectivity index (χ2v) is 10.3. The zero-order valence-electron chi connectivity index (χ0n) is 24.7. The van der Waals surface area contributed by atoms with E-state index in [0.29, 0.717) is 34.6 Å². The van der Waals surface area contributed by atoms with Crippen LogP contribution in [0.15, 0.2) is 58.4 Å². The fourth-order valence-corrected chi connectivity index (χ4v) is 4.79. The first-order valence-corrected chi connectivity index (χ1v) is 13.9. The van der Waals surface area contributed by atoms with Crippen molar-refractivity contribution in [1.29, 1.82) is 0 Å². The lowest BCUT2D eigenvalue weighted by atomic mass is 9.96. The van der Waals surface area contributed by atoms with E-state index < -0.39 is 12.1 Å². The van der Waals surface area contributed by atoms with Gasteiger partial charge in [-0.3, -0.25) is 4.79 Å². The zero-order valence-corrected chi connectivity index (χ0v) is 25.5. The fourth-order valence-electron chi connectivity index (χ4n) is 4.53. The molecule has 0 fully saturated rings. The number of carbonyl (C=O) groups excluding carboxylic acids is 1. The van der Waals surface area contributed by atoms with Gasteiger partial charge in [0.1, 0.15) is 5.75 Å². The van der Waals surface area contributed by atoms with E-state index in [1.54, 1.807) is 44.4 Å². The van der Waals surface area contributed by atoms with Gasteiger partial charge in [-0.05, 0) is 79.8 Å². The summed E-state index contributed by atoms with van der Waals surface area (Å²) in [4.78, 5) is 30.6. The standard InChI is InChI=1S/C32H34ClN3O6/c1-8-41-28-15-21(14-25(33)29(28)42-20(5)32(38)40-7)17-34-36-30(35-26-12-10-9-11-22(26)31(36)37)24-16-23(18(2)3)27(39-6)13-19(24)4/h9-18,20H,8H2,1-7H3/t20-/m0/s1. The highest BCUT2D eigenvalue weighted by Gasteiger charge is 2.21. The summed E-state index contributed by atoms with van der Waals surface area (Å²) in [7, 11) is 2.92. The minimum absolute atomic E-state index is 0.171. The molecule has 1 aromatic heterocycles. The van der Waals surface area contributed by atoms with Crippen molar-refractivity contribution in [3.8, 4) is 28.6 Å². The molecule has 0 aliphatic rings. The molecule has 220 valence electrons. The van der Waals surface area contributed by atoms with Gasteiger partial charge in [0.15, 0.2) is 23.4 Å². The van der Waals surface area contributed by atoms with E-state index in [1.807, 2.05) is 32.0 Å². The van der Waals surface area contributed by atoms with E-state index in [4.69, 9.17) is 35.5 Å². The predicted molar refractivity (Wildman–Crippen MR) is 165 cm³/mol. The lowest BCUT2D eigenvalue weighted by Gasteiger charge is -2.18. The Morgan fingerprint density at radius 3 is 2.50 bits per heavy atom. The minimum Gasteiger partial charge on any atom is -0.496 e. The molecule has 0 spiro atoms. The summed E-state index contributed by atoms with van der Waals surface area (Å²) in [6, 6.07) is 14.4. The Morgan fingerprint density at radius 2 is 1.83 bits per heavy atom. The van der Waals surface area contributed by atoms with Crippen molar-refractivity contribution in [2.75, 3.05) is 20.8 Å². The normalized spacial score (nSPS) is 12.1. The van der Waals surface area contributed by atoms with Crippen LogP contribution in [0.1, 0.15) is 50.3 Å². The largest absolute Gasteiger partial charge is 0.496 e. The summed E-state index contributed by atoms with van der Waals surface area (Å²) in [6.45, 7) is 9.80. The van der Waals surface area contributed by atoms with Crippen molar-refractivity contribution in [1.82, 2.24) is 9.66 Å². The maximum Gasteiger partial charge on any atom is 0.346 e. The van der Waals surface area contributed by atoms with E-state index in [1.165, 1.54) is 18.0 Å².